The molecule has 3 rings (SSSR count). The molecule has 0 saturated heterocycles. The van der Waals surface area contributed by atoms with Gasteiger partial charge in [0, 0.05) is 11.1 Å². The lowest BCUT2D eigenvalue weighted by Gasteiger charge is -2.13. The zero-order valence-corrected chi connectivity index (χ0v) is 17.8. The number of carbonyl (C=O) groups is 1. The molecule has 0 radical (unpaired) electrons. The number of carbonyl (C=O) groups excluding carboxylic acids is 1. The van der Waals surface area contributed by atoms with Gasteiger partial charge < -0.3 is 14.2 Å². The number of allylic oxidation sites excluding steroid dienone is 1. The SMILES string of the molecule is COc1ccc(C(=O)C=Cc2ccc(OC)c(COc3cccc(C)c3C)c2)cc1. The van der Waals surface area contributed by atoms with E-state index in [9.17, 15) is 4.79 Å². The first-order valence-corrected chi connectivity index (χ1v) is 9.74. The normalized spacial score (nSPS) is 10.8. The summed E-state index contributed by atoms with van der Waals surface area (Å²) in [4.78, 5) is 12.4. The molecule has 0 spiro atoms. The highest BCUT2D eigenvalue weighted by Gasteiger charge is 2.08. The van der Waals surface area contributed by atoms with Gasteiger partial charge in [-0.1, -0.05) is 24.3 Å². The summed E-state index contributed by atoms with van der Waals surface area (Å²) in [5.74, 6) is 2.26. The van der Waals surface area contributed by atoms with E-state index in [1.807, 2.05) is 37.3 Å². The van der Waals surface area contributed by atoms with E-state index in [0.29, 0.717) is 12.2 Å². The molecule has 154 valence electrons. The third kappa shape index (κ3) is 5.09. The van der Waals surface area contributed by atoms with Gasteiger partial charge in [-0.2, -0.15) is 0 Å². The van der Waals surface area contributed by atoms with Gasteiger partial charge in [0.15, 0.2) is 5.78 Å². The van der Waals surface area contributed by atoms with Crippen LogP contribution in [0.3, 0.4) is 0 Å². The van der Waals surface area contributed by atoms with Gasteiger partial charge in [-0.05, 0) is 79.1 Å². The minimum absolute atomic E-state index is 0.0679. The molecular weight excluding hydrogens is 376 g/mol. The number of hydrogen-bond acceptors (Lipinski definition) is 4. The van der Waals surface area contributed by atoms with Crippen molar-refractivity contribution in [1.29, 1.82) is 0 Å². The molecule has 3 aromatic carbocycles. The fraction of sp³-hybridized carbons (Fsp3) is 0.192. The zero-order chi connectivity index (χ0) is 21.5. The molecular formula is C26H26O4. The van der Waals surface area contributed by atoms with E-state index in [2.05, 4.69) is 13.0 Å². The second-order valence-corrected chi connectivity index (χ2v) is 6.98. The average molecular weight is 402 g/mol. The molecule has 0 N–H and O–H groups in total. The fourth-order valence-corrected chi connectivity index (χ4v) is 3.07. The van der Waals surface area contributed by atoms with Crippen LogP contribution in [0.4, 0.5) is 0 Å². The average Bonchev–Trinajstić information content (AvgIpc) is 2.78. The highest BCUT2D eigenvalue weighted by Crippen LogP contribution is 2.26. The molecule has 4 nitrogen and oxygen atoms in total. The minimum Gasteiger partial charge on any atom is -0.497 e. The summed E-state index contributed by atoms with van der Waals surface area (Å²) in [6, 6.07) is 18.8. The van der Waals surface area contributed by atoms with Crippen LogP contribution in [-0.2, 0) is 6.61 Å². The summed E-state index contributed by atoms with van der Waals surface area (Å²) in [5, 5.41) is 0. The number of benzene rings is 3. The fourth-order valence-electron chi connectivity index (χ4n) is 3.07. The first-order chi connectivity index (χ1) is 14.5. The van der Waals surface area contributed by atoms with E-state index in [1.165, 1.54) is 5.56 Å². The molecule has 0 aliphatic rings. The predicted molar refractivity (Wildman–Crippen MR) is 120 cm³/mol. The first kappa shape index (κ1) is 21.2. The molecule has 3 aromatic rings. The van der Waals surface area contributed by atoms with Crippen molar-refractivity contribution >= 4 is 11.9 Å². The van der Waals surface area contributed by atoms with E-state index < -0.39 is 0 Å². The molecule has 0 heterocycles. The van der Waals surface area contributed by atoms with Gasteiger partial charge in [-0.25, -0.2) is 0 Å². The van der Waals surface area contributed by atoms with Gasteiger partial charge in [-0.15, -0.1) is 0 Å². The molecule has 0 aliphatic heterocycles. The molecule has 30 heavy (non-hydrogen) atoms. The van der Waals surface area contributed by atoms with Crippen LogP contribution in [0.25, 0.3) is 6.08 Å². The highest BCUT2D eigenvalue weighted by atomic mass is 16.5. The Kier molecular flexibility index (Phi) is 6.91. The third-order valence-electron chi connectivity index (χ3n) is 5.04. The maximum absolute atomic E-state index is 12.4. The Morgan fingerprint density at radius 2 is 1.67 bits per heavy atom. The van der Waals surface area contributed by atoms with E-state index >= 15 is 0 Å². The zero-order valence-electron chi connectivity index (χ0n) is 17.8. The van der Waals surface area contributed by atoms with Gasteiger partial charge in [0.1, 0.15) is 23.9 Å². The molecule has 0 saturated carbocycles. The lowest BCUT2D eigenvalue weighted by molar-refractivity contribution is 0.104. The highest BCUT2D eigenvalue weighted by molar-refractivity contribution is 6.06. The van der Waals surface area contributed by atoms with E-state index in [4.69, 9.17) is 14.2 Å². The summed E-state index contributed by atoms with van der Waals surface area (Å²) in [6.45, 7) is 4.49. The van der Waals surface area contributed by atoms with Gasteiger partial charge in [0.25, 0.3) is 0 Å². The van der Waals surface area contributed by atoms with Crippen molar-refractivity contribution in [2.24, 2.45) is 0 Å². The smallest absolute Gasteiger partial charge is 0.185 e. The number of ketones is 1. The second-order valence-electron chi connectivity index (χ2n) is 6.98. The van der Waals surface area contributed by atoms with Crippen molar-refractivity contribution < 1.29 is 19.0 Å². The van der Waals surface area contributed by atoms with Crippen molar-refractivity contribution in [3.05, 3.63) is 94.6 Å². The Hall–Kier alpha value is -3.53. The van der Waals surface area contributed by atoms with Crippen LogP contribution < -0.4 is 14.2 Å². The molecule has 0 aliphatic carbocycles. The topological polar surface area (TPSA) is 44.8 Å². The monoisotopic (exact) mass is 402 g/mol. The lowest BCUT2D eigenvalue weighted by Crippen LogP contribution is -2.01. The van der Waals surface area contributed by atoms with E-state index in [0.717, 1.165) is 33.9 Å². The molecule has 0 unspecified atom stereocenters. The Morgan fingerprint density at radius 1 is 0.900 bits per heavy atom. The van der Waals surface area contributed by atoms with E-state index in [-0.39, 0.29) is 5.78 Å². The van der Waals surface area contributed by atoms with Gasteiger partial charge >= 0.3 is 0 Å². The molecule has 4 heteroatoms. The number of rotatable bonds is 8. The second kappa shape index (κ2) is 9.79. The van der Waals surface area contributed by atoms with Crippen LogP contribution in [0.15, 0.2) is 66.7 Å². The third-order valence-corrected chi connectivity index (χ3v) is 5.04. The van der Waals surface area contributed by atoms with Crippen molar-refractivity contribution in [3.8, 4) is 17.2 Å². The Bertz CT molecular complexity index is 1050. The largest absolute Gasteiger partial charge is 0.497 e. The number of ether oxygens (including phenoxy) is 3. The molecule has 0 aromatic heterocycles. The number of hydrogen-bond donors (Lipinski definition) is 0. The summed E-state index contributed by atoms with van der Waals surface area (Å²) in [7, 11) is 3.24. The van der Waals surface area contributed by atoms with Gasteiger partial charge in [-0.3, -0.25) is 4.79 Å². The summed E-state index contributed by atoms with van der Waals surface area (Å²) in [5.41, 5.74) is 4.74. The summed E-state index contributed by atoms with van der Waals surface area (Å²) < 4.78 is 16.6. The first-order valence-electron chi connectivity index (χ1n) is 9.74. The van der Waals surface area contributed by atoms with E-state index in [1.54, 1.807) is 50.6 Å². The van der Waals surface area contributed by atoms with Gasteiger partial charge in [0.05, 0.1) is 14.2 Å². The van der Waals surface area contributed by atoms with Crippen molar-refractivity contribution in [2.45, 2.75) is 20.5 Å². The van der Waals surface area contributed by atoms with Crippen molar-refractivity contribution in [1.82, 2.24) is 0 Å². The van der Waals surface area contributed by atoms with Crippen LogP contribution in [0.1, 0.15) is 32.6 Å². The number of aryl methyl sites for hydroxylation is 1. The quantitative estimate of drug-likeness (QED) is 0.353. The number of methoxy groups -OCH3 is 2. The van der Waals surface area contributed by atoms with Crippen LogP contribution in [0.5, 0.6) is 17.2 Å². The molecule has 0 fully saturated rings. The maximum Gasteiger partial charge on any atom is 0.185 e. The predicted octanol–water partition coefficient (Wildman–Crippen LogP) is 5.80. The van der Waals surface area contributed by atoms with Gasteiger partial charge in [0.2, 0.25) is 0 Å². The molecule has 0 amide bonds. The standard InChI is InChI=1S/C26H26O4/c1-18-6-5-7-25(19(18)2)30-17-22-16-20(9-15-26(22)29-4)8-14-24(27)21-10-12-23(28-3)13-11-21/h5-16H,17H2,1-4H3. The summed E-state index contributed by atoms with van der Waals surface area (Å²) in [6.07, 6.45) is 3.37. The minimum atomic E-state index is -0.0679. The lowest BCUT2D eigenvalue weighted by atomic mass is 10.1. The Labute approximate surface area is 177 Å². The van der Waals surface area contributed by atoms with Crippen LogP contribution >= 0.6 is 0 Å². The van der Waals surface area contributed by atoms with Crippen LogP contribution in [-0.4, -0.2) is 20.0 Å². The maximum atomic E-state index is 12.4. The Morgan fingerprint density at radius 3 is 2.37 bits per heavy atom. The van der Waals surface area contributed by atoms with Crippen molar-refractivity contribution in [2.75, 3.05) is 14.2 Å². The molecule has 0 atom stereocenters. The van der Waals surface area contributed by atoms with Crippen LogP contribution in [0, 0.1) is 13.8 Å². The summed E-state index contributed by atoms with van der Waals surface area (Å²) >= 11 is 0. The molecule has 0 bridgehead atoms. The Balaban J connectivity index is 1.75. The van der Waals surface area contributed by atoms with Crippen molar-refractivity contribution in [3.63, 3.8) is 0 Å². The van der Waals surface area contributed by atoms with Crippen LogP contribution in [0.2, 0.25) is 0 Å².